The SMILES string of the molecule is O=C1CCCN1c1ccc(NCc2ncc(-c3ccc(Cl)cc3)o2)cc1. The number of carbonyl (C=O) groups excluding carboxylic acids is 1. The van der Waals surface area contributed by atoms with Crippen LogP contribution in [0.1, 0.15) is 18.7 Å². The first-order chi connectivity index (χ1) is 12.7. The molecule has 1 aliphatic heterocycles. The lowest BCUT2D eigenvalue weighted by Crippen LogP contribution is -2.23. The molecule has 0 atom stereocenters. The van der Waals surface area contributed by atoms with Crippen molar-refractivity contribution in [1.29, 1.82) is 0 Å². The largest absolute Gasteiger partial charge is 0.439 e. The number of nitrogens with one attached hydrogen (secondary N) is 1. The van der Waals surface area contributed by atoms with E-state index >= 15 is 0 Å². The van der Waals surface area contributed by atoms with Crippen molar-refractivity contribution in [2.75, 3.05) is 16.8 Å². The number of hydrogen-bond donors (Lipinski definition) is 1. The number of hydrogen-bond acceptors (Lipinski definition) is 4. The van der Waals surface area contributed by atoms with E-state index in [1.165, 1.54) is 0 Å². The molecule has 0 bridgehead atoms. The highest BCUT2D eigenvalue weighted by Gasteiger charge is 2.21. The molecule has 132 valence electrons. The molecular formula is C20H18ClN3O2. The molecule has 1 aliphatic rings. The van der Waals surface area contributed by atoms with Crippen molar-refractivity contribution >= 4 is 28.9 Å². The van der Waals surface area contributed by atoms with E-state index in [-0.39, 0.29) is 5.91 Å². The zero-order valence-corrected chi connectivity index (χ0v) is 14.9. The van der Waals surface area contributed by atoms with Crippen molar-refractivity contribution in [3.8, 4) is 11.3 Å². The van der Waals surface area contributed by atoms with E-state index in [9.17, 15) is 4.79 Å². The molecule has 26 heavy (non-hydrogen) atoms. The molecule has 0 spiro atoms. The third-order valence-electron chi connectivity index (χ3n) is 4.38. The van der Waals surface area contributed by atoms with Crippen molar-refractivity contribution in [2.24, 2.45) is 0 Å². The van der Waals surface area contributed by atoms with Gasteiger partial charge in [0.1, 0.15) is 0 Å². The number of carbonyl (C=O) groups is 1. The van der Waals surface area contributed by atoms with Crippen LogP contribution in [0, 0.1) is 0 Å². The summed E-state index contributed by atoms with van der Waals surface area (Å²) >= 11 is 5.90. The predicted molar refractivity (Wildman–Crippen MR) is 102 cm³/mol. The quantitative estimate of drug-likeness (QED) is 0.708. The molecule has 3 aromatic rings. The van der Waals surface area contributed by atoms with Crippen LogP contribution in [0.5, 0.6) is 0 Å². The monoisotopic (exact) mass is 367 g/mol. The predicted octanol–water partition coefficient (Wildman–Crippen LogP) is 4.73. The Bertz CT molecular complexity index is 904. The lowest BCUT2D eigenvalue weighted by molar-refractivity contribution is -0.117. The van der Waals surface area contributed by atoms with Gasteiger partial charge >= 0.3 is 0 Å². The maximum Gasteiger partial charge on any atom is 0.227 e. The summed E-state index contributed by atoms with van der Waals surface area (Å²) in [4.78, 5) is 17.9. The second-order valence-electron chi connectivity index (χ2n) is 6.17. The molecule has 0 saturated carbocycles. The summed E-state index contributed by atoms with van der Waals surface area (Å²) < 4.78 is 5.78. The molecule has 2 aromatic carbocycles. The minimum atomic E-state index is 0.195. The minimum absolute atomic E-state index is 0.195. The number of benzene rings is 2. The van der Waals surface area contributed by atoms with Gasteiger partial charge < -0.3 is 14.6 Å². The van der Waals surface area contributed by atoms with Crippen LogP contribution in [0.2, 0.25) is 5.02 Å². The highest BCUT2D eigenvalue weighted by Crippen LogP contribution is 2.24. The molecule has 1 aromatic heterocycles. The van der Waals surface area contributed by atoms with Gasteiger partial charge in [-0.2, -0.15) is 0 Å². The molecule has 4 rings (SSSR count). The fraction of sp³-hybridized carbons (Fsp3) is 0.200. The molecule has 1 fully saturated rings. The lowest BCUT2D eigenvalue weighted by atomic mass is 10.2. The molecule has 0 aliphatic carbocycles. The number of halogens is 1. The van der Waals surface area contributed by atoms with Crippen LogP contribution in [-0.2, 0) is 11.3 Å². The van der Waals surface area contributed by atoms with E-state index in [1.54, 1.807) is 6.20 Å². The first-order valence-corrected chi connectivity index (χ1v) is 8.92. The first kappa shape index (κ1) is 16.7. The van der Waals surface area contributed by atoms with Crippen LogP contribution in [0.4, 0.5) is 11.4 Å². The Morgan fingerprint density at radius 2 is 1.88 bits per heavy atom. The Labute approximate surface area is 156 Å². The van der Waals surface area contributed by atoms with E-state index < -0.39 is 0 Å². The number of rotatable bonds is 5. The molecule has 6 heteroatoms. The maximum absolute atomic E-state index is 11.8. The van der Waals surface area contributed by atoms with Crippen LogP contribution >= 0.6 is 11.6 Å². The number of aromatic nitrogens is 1. The van der Waals surface area contributed by atoms with Gasteiger partial charge in [0.05, 0.1) is 12.7 Å². The first-order valence-electron chi connectivity index (χ1n) is 8.54. The Hall–Kier alpha value is -2.79. The number of nitrogens with zero attached hydrogens (tertiary/aromatic N) is 2. The van der Waals surface area contributed by atoms with Gasteiger partial charge in [-0.25, -0.2) is 4.98 Å². The van der Waals surface area contributed by atoms with Crippen molar-refractivity contribution in [3.63, 3.8) is 0 Å². The van der Waals surface area contributed by atoms with Gasteiger partial charge in [0, 0.05) is 34.9 Å². The van der Waals surface area contributed by atoms with Crippen LogP contribution < -0.4 is 10.2 Å². The standard InChI is InChI=1S/C20H18ClN3O2/c21-15-5-3-14(4-6-15)18-12-23-19(26-18)13-22-16-7-9-17(10-8-16)24-11-1-2-20(24)25/h3-10,12,22H,1-2,11,13H2. The zero-order chi connectivity index (χ0) is 17.9. The van der Waals surface area contributed by atoms with Gasteiger partial charge in [-0.1, -0.05) is 11.6 Å². The summed E-state index contributed by atoms with van der Waals surface area (Å²) in [6, 6.07) is 15.3. The lowest BCUT2D eigenvalue weighted by Gasteiger charge is -2.16. The summed E-state index contributed by atoms with van der Waals surface area (Å²) in [6.45, 7) is 1.28. The second-order valence-corrected chi connectivity index (χ2v) is 6.61. The molecule has 0 unspecified atom stereocenters. The highest BCUT2D eigenvalue weighted by molar-refractivity contribution is 6.30. The topological polar surface area (TPSA) is 58.4 Å². The fourth-order valence-electron chi connectivity index (χ4n) is 3.00. The molecule has 1 amide bonds. The van der Waals surface area contributed by atoms with Crippen molar-refractivity contribution < 1.29 is 9.21 Å². The summed E-state index contributed by atoms with van der Waals surface area (Å²) in [5.41, 5.74) is 2.83. The second kappa shape index (κ2) is 7.22. The Morgan fingerprint density at radius 3 is 2.58 bits per heavy atom. The van der Waals surface area contributed by atoms with Crippen LogP contribution in [0.15, 0.2) is 59.1 Å². The smallest absolute Gasteiger partial charge is 0.227 e. The molecule has 0 radical (unpaired) electrons. The molecule has 5 nitrogen and oxygen atoms in total. The Kier molecular flexibility index (Phi) is 4.63. The number of oxazole rings is 1. The summed E-state index contributed by atoms with van der Waals surface area (Å²) in [5, 5.41) is 3.97. The van der Waals surface area contributed by atoms with Gasteiger partial charge in [-0.3, -0.25) is 4.79 Å². The van der Waals surface area contributed by atoms with Gasteiger partial charge in [0.15, 0.2) is 5.76 Å². The highest BCUT2D eigenvalue weighted by atomic mass is 35.5. The number of anilines is 2. The summed E-state index contributed by atoms with van der Waals surface area (Å²) in [7, 11) is 0. The summed E-state index contributed by atoms with van der Waals surface area (Å²) in [6.07, 6.45) is 3.28. The van der Waals surface area contributed by atoms with Crippen LogP contribution in [-0.4, -0.2) is 17.4 Å². The maximum atomic E-state index is 11.8. The van der Waals surface area contributed by atoms with E-state index in [4.69, 9.17) is 16.0 Å². The fourth-order valence-corrected chi connectivity index (χ4v) is 3.12. The van der Waals surface area contributed by atoms with Gasteiger partial charge in [-0.05, 0) is 55.0 Å². The third-order valence-corrected chi connectivity index (χ3v) is 4.63. The summed E-state index contributed by atoms with van der Waals surface area (Å²) in [5.74, 6) is 1.51. The molecule has 1 saturated heterocycles. The normalized spacial score (nSPS) is 14.0. The number of amides is 1. The van der Waals surface area contributed by atoms with E-state index in [0.29, 0.717) is 29.6 Å². The average molecular weight is 368 g/mol. The average Bonchev–Trinajstić information content (AvgIpc) is 3.30. The van der Waals surface area contributed by atoms with E-state index in [1.807, 2.05) is 53.4 Å². The Balaban J connectivity index is 1.38. The van der Waals surface area contributed by atoms with E-state index in [0.717, 1.165) is 29.9 Å². The van der Waals surface area contributed by atoms with Crippen LogP contribution in [0.3, 0.4) is 0 Å². The Morgan fingerprint density at radius 1 is 1.12 bits per heavy atom. The molecule has 2 heterocycles. The molecule has 1 N–H and O–H groups in total. The van der Waals surface area contributed by atoms with Gasteiger partial charge in [0.2, 0.25) is 11.8 Å². The van der Waals surface area contributed by atoms with Crippen LogP contribution in [0.25, 0.3) is 11.3 Å². The van der Waals surface area contributed by atoms with Crippen molar-refractivity contribution in [2.45, 2.75) is 19.4 Å². The zero-order valence-electron chi connectivity index (χ0n) is 14.1. The van der Waals surface area contributed by atoms with Crippen molar-refractivity contribution in [3.05, 3.63) is 65.6 Å². The van der Waals surface area contributed by atoms with Gasteiger partial charge in [0.25, 0.3) is 0 Å². The van der Waals surface area contributed by atoms with E-state index in [2.05, 4.69) is 10.3 Å². The molecular weight excluding hydrogens is 350 g/mol. The van der Waals surface area contributed by atoms with Gasteiger partial charge in [-0.15, -0.1) is 0 Å². The third kappa shape index (κ3) is 3.58. The van der Waals surface area contributed by atoms with Crippen molar-refractivity contribution in [1.82, 2.24) is 4.98 Å². The minimum Gasteiger partial charge on any atom is -0.439 e.